The predicted octanol–water partition coefficient (Wildman–Crippen LogP) is 3.82. The van der Waals surface area contributed by atoms with E-state index in [-0.39, 0.29) is 5.75 Å². The van der Waals surface area contributed by atoms with Gasteiger partial charge in [0, 0.05) is 35.3 Å². The first-order valence-corrected chi connectivity index (χ1v) is 7.22. The van der Waals surface area contributed by atoms with E-state index in [0.717, 1.165) is 5.56 Å². The normalized spacial score (nSPS) is 24.4. The van der Waals surface area contributed by atoms with Gasteiger partial charge in [0.05, 0.1) is 7.11 Å². The number of ether oxygens (including phenoxy) is 1. The number of phenols is 1. The molecule has 0 saturated carbocycles. The van der Waals surface area contributed by atoms with Crippen molar-refractivity contribution in [2.75, 3.05) is 7.11 Å². The minimum atomic E-state index is 0.205. The van der Waals surface area contributed by atoms with Gasteiger partial charge < -0.3 is 9.84 Å². The molecule has 0 amide bonds. The van der Waals surface area contributed by atoms with Gasteiger partial charge in [-0.3, -0.25) is 4.90 Å². The van der Waals surface area contributed by atoms with Crippen molar-refractivity contribution >= 4 is 11.6 Å². The average Bonchev–Trinajstić information content (AvgIpc) is 2.37. The van der Waals surface area contributed by atoms with Crippen LogP contribution in [0.5, 0.6) is 11.5 Å². The third-order valence-electron chi connectivity index (χ3n) is 4.07. The molecule has 3 nitrogen and oxygen atoms in total. The number of likely N-dealkylation sites (tertiary alicyclic amines) is 1. The lowest BCUT2D eigenvalue weighted by molar-refractivity contribution is 0.0942. The standard InChI is InChI=1S/C15H22ClNO2/c1-10-5-4-6-11(2)17(10)9-12-7-13(16)8-14(19-3)15(12)18/h7-8,10-11,18H,4-6,9H2,1-3H3/t10-,11+. The van der Waals surface area contributed by atoms with Gasteiger partial charge in [0.2, 0.25) is 0 Å². The lowest BCUT2D eigenvalue weighted by Gasteiger charge is -2.39. The second-order valence-corrected chi connectivity index (χ2v) is 5.85. The van der Waals surface area contributed by atoms with E-state index in [1.54, 1.807) is 13.2 Å². The van der Waals surface area contributed by atoms with E-state index in [4.69, 9.17) is 16.3 Å². The number of piperidine rings is 1. The number of phenolic OH excluding ortho intramolecular Hbond substituents is 1. The van der Waals surface area contributed by atoms with E-state index in [1.165, 1.54) is 19.3 Å². The Kier molecular flexibility index (Phi) is 4.58. The number of benzene rings is 1. The molecule has 2 atom stereocenters. The summed E-state index contributed by atoms with van der Waals surface area (Å²) in [5.74, 6) is 0.650. The highest BCUT2D eigenvalue weighted by Crippen LogP contribution is 2.35. The first kappa shape index (κ1) is 14.5. The molecule has 1 aliphatic heterocycles. The molecule has 1 saturated heterocycles. The Labute approximate surface area is 120 Å². The Morgan fingerprint density at radius 1 is 1.32 bits per heavy atom. The Hall–Kier alpha value is -0.930. The molecule has 1 aromatic carbocycles. The van der Waals surface area contributed by atoms with Crippen molar-refractivity contribution in [3.63, 3.8) is 0 Å². The van der Waals surface area contributed by atoms with Gasteiger partial charge in [-0.25, -0.2) is 0 Å². The fourth-order valence-corrected chi connectivity index (χ4v) is 3.12. The van der Waals surface area contributed by atoms with Gasteiger partial charge in [-0.05, 0) is 32.8 Å². The first-order valence-electron chi connectivity index (χ1n) is 6.84. The zero-order valence-electron chi connectivity index (χ0n) is 11.8. The number of aromatic hydroxyl groups is 1. The van der Waals surface area contributed by atoms with E-state index >= 15 is 0 Å². The van der Waals surface area contributed by atoms with Crippen LogP contribution < -0.4 is 4.74 Å². The first-order chi connectivity index (χ1) is 9.02. The van der Waals surface area contributed by atoms with E-state index in [0.29, 0.717) is 29.4 Å². The second kappa shape index (κ2) is 6.02. The summed E-state index contributed by atoms with van der Waals surface area (Å²) in [6.45, 7) is 5.20. The number of methoxy groups -OCH3 is 1. The lowest BCUT2D eigenvalue weighted by Crippen LogP contribution is -2.42. The van der Waals surface area contributed by atoms with Crippen LogP contribution in [0.4, 0.5) is 0 Å². The molecule has 1 aromatic rings. The Morgan fingerprint density at radius 2 is 1.95 bits per heavy atom. The molecule has 19 heavy (non-hydrogen) atoms. The minimum absolute atomic E-state index is 0.205. The molecule has 2 rings (SSSR count). The van der Waals surface area contributed by atoms with Crippen molar-refractivity contribution in [1.29, 1.82) is 0 Å². The third-order valence-corrected chi connectivity index (χ3v) is 4.29. The average molecular weight is 284 g/mol. The van der Waals surface area contributed by atoms with E-state index < -0.39 is 0 Å². The number of hydrogen-bond donors (Lipinski definition) is 1. The van der Waals surface area contributed by atoms with Crippen LogP contribution in [0.25, 0.3) is 0 Å². The lowest BCUT2D eigenvalue weighted by atomic mass is 9.96. The van der Waals surface area contributed by atoms with E-state index in [2.05, 4.69) is 18.7 Å². The highest BCUT2D eigenvalue weighted by molar-refractivity contribution is 6.30. The molecule has 0 unspecified atom stereocenters. The van der Waals surface area contributed by atoms with Crippen LogP contribution in [0.1, 0.15) is 38.7 Å². The van der Waals surface area contributed by atoms with E-state index in [9.17, 15) is 5.11 Å². The molecule has 1 heterocycles. The number of halogens is 1. The largest absolute Gasteiger partial charge is 0.504 e. The van der Waals surface area contributed by atoms with Crippen LogP contribution in [0, 0.1) is 0 Å². The highest BCUT2D eigenvalue weighted by atomic mass is 35.5. The van der Waals surface area contributed by atoms with Gasteiger partial charge >= 0.3 is 0 Å². The summed E-state index contributed by atoms with van der Waals surface area (Å²) < 4.78 is 5.16. The van der Waals surface area contributed by atoms with Gasteiger partial charge in [-0.2, -0.15) is 0 Å². The summed E-state index contributed by atoms with van der Waals surface area (Å²) in [6.07, 6.45) is 3.70. The number of hydrogen-bond acceptors (Lipinski definition) is 3. The number of rotatable bonds is 3. The highest BCUT2D eigenvalue weighted by Gasteiger charge is 2.26. The summed E-state index contributed by atoms with van der Waals surface area (Å²) >= 11 is 6.08. The molecule has 0 radical (unpaired) electrons. The Morgan fingerprint density at radius 3 is 2.53 bits per heavy atom. The zero-order valence-corrected chi connectivity index (χ0v) is 12.6. The second-order valence-electron chi connectivity index (χ2n) is 5.42. The van der Waals surface area contributed by atoms with Crippen LogP contribution in [0.3, 0.4) is 0 Å². The van der Waals surface area contributed by atoms with Crippen LogP contribution in [-0.4, -0.2) is 29.2 Å². The van der Waals surface area contributed by atoms with Crippen molar-refractivity contribution in [2.45, 2.75) is 51.7 Å². The van der Waals surface area contributed by atoms with Gasteiger partial charge in [-0.15, -0.1) is 0 Å². The molecule has 1 N–H and O–H groups in total. The van der Waals surface area contributed by atoms with Gasteiger partial charge in [0.1, 0.15) is 0 Å². The molecule has 4 heteroatoms. The Balaban J connectivity index is 2.24. The molecule has 0 aromatic heterocycles. The van der Waals surface area contributed by atoms with Crippen LogP contribution >= 0.6 is 11.6 Å². The summed E-state index contributed by atoms with van der Waals surface area (Å²) in [4.78, 5) is 2.42. The fourth-order valence-electron chi connectivity index (χ4n) is 2.89. The molecule has 0 bridgehead atoms. The predicted molar refractivity (Wildman–Crippen MR) is 78.0 cm³/mol. The van der Waals surface area contributed by atoms with E-state index in [1.807, 2.05) is 6.07 Å². The van der Waals surface area contributed by atoms with Crippen molar-refractivity contribution in [3.8, 4) is 11.5 Å². The Bertz CT molecular complexity index is 440. The molecule has 0 aliphatic carbocycles. The van der Waals surface area contributed by atoms with Gasteiger partial charge in [-0.1, -0.05) is 18.0 Å². The molecule has 1 aliphatic rings. The minimum Gasteiger partial charge on any atom is -0.504 e. The quantitative estimate of drug-likeness (QED) is 0.915. The molecule has 0 spiro atoms. The van der Waals surface area contributed by atoms with Crippen LogP contribution in [0.15, 0.2) is 12.1 Å². The van der Waals surface area contributed by atoms with Gasteiger partial charge in [0.15, 0.2) is 11.5 Å². The van der Waals surface area contributed by atoms with Crippen molar-refractivity contribution in [2.24, 2.45) is 0 Å². The molecule has 106 valence electrons. The zero-order chi connectivity index (χ0) is 14.0. The molecular weight excluding hydrogens is 262 g/mol. The maximum Gasteiger partial charge on any atom is 0.162 e. The monoisotopic (exact) mass is 283 g/mol. The van der Waals surface area contributed by atoms with Crippen LogP contribution in [-0.2, 0) is 6.54 Å². The summed E-state index contributed by atoms with van der Waals surface area (Å²) in [7, 11) is 1.54. The third kappa shape index (κ3) is 3.15. The molecular formula is C15H22ClNO2. The topological polar surface area (TPSA) is 32.7 Å². The fraction of sp³-hybridized carbons (Fsp3) is 0.600. The number of nitrogens with zero attached hydrogens (tertiary/aromatic N) is 1. The molecule has 1 fully saturated rings. The summed E-state index contributed by atoms with van der Waals surface area (Å²) in [6, 6.07) is 4.54. The summed E-state index contributed by atoms with van der Waals surface area (Å²) in [5, 5.41) is 10.8. The van der Waals surface area contributed by atoms with Crippen LogP contribution in [0.2, 0.25) is 5.02 Å². The van der Waals surface area contributed by atoms with Crippen molar-refractivity contribution in [3.05, 3.63) is 22.7 Å². The van der Waals surface area contributed by atoms with Gasteiger partial charge in [0.25, 0.3) is 0 Å². The smallest absolute Gasteiger partial charge is 0.162 e. The maximum atomic E-state index is 10.2. The van der Waals surface area contributed by atoms with Crippen molar-refractivity contribution in [1.82, 2.24) is 4.90 Å². The maximum absolute atomic E-state index is 10.2. The SMILES string of the molecule is COc1cc(Cl)cc(CN2[C@H](C)CCC[C@@H]2C)c1O. The van der Waals surface area contributed by atoms with Crippen molar-refractivity contribution < 1.29 is 9.84 Å². The summed E-state index contributed by atoms with van der Waals surface area (Å²) in [5.41, 5.74) is 0.838.